The van der Waals surface area contributed by atoms with E-state index in [1.54, 1.807) is 6.92 Å². The fourth-order valence-electron chi connectivity index (χ4n) is 3.42. The Morgan fingerprint density at radius 1 is 1.28 bits per heavy atom. The molecule has 2 rings (SSSR count). The van der Waals surface area contributed by atoms with Crippen molar-refractivity contribution in [3.05, 3.63) is 35.9 Å². The van der Waals surface area contributed by atoms with Gasteiger partial charge in [0.05, 0.1) is 6.04 Å². The molecule has 5 N–H and O–H groups in total. The molecule has 1 saturated heterocycles. The van der Waals surface area contributed by atoms with Gasteiger partial charge in [-0.2, -0.15) is 0 Å². The molecule has 2 atom stereocenters. The maximum absolute atomic E-state index is 13.2. The van der Waals surface area contributed by atoms with Crippen LogP contribution in [0.4, 0.5) is 4.79 Å². The standard InChI is InChI=1S/C21H32N6O4.ClH/c1-2-24-18(28)17-11-7-13-27(17)19(29)16(10-6-12-25-20(22)23)26-21(30)31-14-15-8-4-3-5-9-15;/h3-5,8-9,16-17H,2,6-7,10-14H2,1H3,(H,24,28)(H,26,30)(H4,22,23,25);1H/p-1/t16-,17-;/m0./s1. The second-order valence-electron chi connectivity index (χ2n) is 7.21. The van der Waals surface area contributed by atoms with Gasteiger partial charge >= 0.3 is 6.09 Å². The molecule has 1 aliphatic heterocycles. The summed E-state index contributed by atoms with van der Waals surface area (Å²) in [6, 6.07) is 7.79. The number of ether oxygens (including phenoxy) is 1. The van der Waals surface area contributed by atoms with E-state index in [1.807, 2.05) is 30.3 Å². The summed E-state index contributed by atoms with van der Waals surface area (Å²) in [6.45, 7) is 2.99. The highest BCUT2D eigenvalue weighted by Crippen LogP contribution is 2.20. The first-order valence-corrected chi connectivity index (χ1v) is 10.5. The third-order valence-electron chi connectivity index (χ3n) is 4.88. The molecule has 0 bridgehead atoms. The number of carbonyl (C=O) groups excluding carboxylic acids is 2. The minimum absolute atomic E-state index is 0. The summed E-state index contributed by atoms with van der Waals surface area (Å²) in [5.74, 6) is -0.674. The fourth-order valence-corrected chi connectivity index (χ4v) is 3.42. The molecule has 1 aromatic carbocycles. The summed E-state index contributed by atoms with van der Waals surface area (Å²) in [5, 5.41) is 14.9. The van der Waals surface area contributed by atoms with Crippen LogP contribution in [0.5, 0.6) is 0 Å². The number of likely N-dealkylation sites (tertiary alicyclic amines) is 1. The van der Waals surface area contributed by atoms with Crippen LogP contribution in [-0.2, 0) is 16.1 Å². The van der Waals surface area contributed by atoms with E-state index in [4.69, 9.17) is 16.2 Å². The number of nitrogens with zero attached hydrogens (tertiary/aromatic N) is 3. The largest absolute Gasteiger partial charge is 0.861 e. The summed E-state index contributed by atoms with van der Waals surface area (Å²) in [6.07, 6.45) is 1.34. The normalized spacial score (nSPS) is 16.6. The van der Waals surface area contributed by atoms with Crippen molar-refractivity contribution in [1.82, 2.24) is 10.2 Å². The van der Waals surface area contributed by atoms with Gasteiger partial charge in [0.2, 0.25) is 5.91 Å². The molecule has 1 aliphatic rings. The van der Waals surface area contributed by atoms with Gasteiger partial charge in [-0.1, -0.05) is 30.3 Å². The lowest BCUT2D eigenvalue weighted by molar-refractivity contribution is -0.224. The van der Waals surface area contributed by atoms with Crippen molar-refractivity contribution in [2.45, 2.75) is 51.3 Å². The Morgan fingerprint density at radius 2 is 2.00 bits per heavy atom. The summed E-state index contributed by atoms with van der Waals surface area (Å²) in [5.41, 5.74) is 11.5. The Morgan fingerprint density at radius 3 is 2.66 bits per heavy atom. The van der Waals surface area contributed by atoms with Crippen LogP contribution in [0, 0.1) is 0 Å². The van der Waals surface area contributed by atoms with E-state index in [-0.39, 0.29) is 36.8 Å². The molecule has 10 nitrogen and oxygen atoms in total. The molecule has 11 heteroatoms. The number of alkyl carbamates (subject to hydrolysis) is 1. The number of carbonyl (C=O) groups is 2. The summed E-state index contributed by atoms with van der Waals surface area (Å²) in [7, 11) is 0. The Labute approximate surface area is 194 Å². The molecule has 0 aliphatic carbocycles. The van der Waals surface area contributed by atoms with Crippen molar-refractivity contribution in [2.24, 2.45) is 21.5 Å². The number of guanidine groups is 1. The van der Waals surface area contributed by atoms with Crippen LogP contribution in [0.3, 0.4) is 0 Å². The van der Waals surface area contributed by atoms with Gasteiger partial charge in [-0.3, -0.25) is 9.79 Å². The number of amides is 2. The number of hydrogen-bond donors (Lipinski definition) is 3. The van der Waals surface area contributed by atoms with E-state index in [0.717, 1.165) is 5.56 Å². The third-order valence-corrected chi connectivity index (χ3v) is 4.88. The monoisotopic (exact) mass is 467 g/mol. The first kappa shape index (κ1) is 27.0. The minimum atomic E-state index is -0.854. The van der Waals surface area contributed by atoms with Gasteiger partial charge in [0.1, 0.15) is 12.6 Å². The van der Waals surface area contributed by atoms with Gasteiger partial charge in [0.25, 0.3) is 0 Å². The minimum Gasteiger partial charge on any atom is -0.861 e. The summed E-state index contributed by atoms with van der Waals surface area (Å²) in [4.78, 5) is 34.9. The summed E-state index contributed by atoms with van der Waals surface area (Å²) < 4.78 is 5.25. The molecule has 1 aromatic rings. The van der Waals surface area contributed by atoms with Crippen molar-refractivity contribution in [3.8, 4) is 0 Å². The highest BCUT2D eigenvalue weighted by atomic mass is 35.5. The van der Waals surface area contributed by atoms with Gasteiger partial charge in [-0.25, -0.2) is 4.79 Å². The number of hydrogen-bond acceptors (Lipinski definition) is 6. The maximum Gasteiger partial charge on any atom is 0.408 e. The molecule has 1 fully saturated rings. The number of nitrogens with two attached hydrogens (primary N) is 2. The molecular formula is C21H32ClN6O4-. The maximum atomic E-state index is 13.2. The van der Waals surface area contributed by atoms with Crippen LogP contribution < -0.4 is 21.9 Å². The number of benzene rings is 1. The quantitative estimate of drug-likeness (QED) is 0.258. The molecule has 0 radical (unpaired) electrons. The number of rotatable bonds is 10. The van der Waals surface area contributed by atoms with Gasteiger partial charge < -0.3 is 36.5 Å². The molecular weight excluding hydrogens is 436 g/mol. The number of halogens is 1. The average Bonchev–Trinajstić information content (AvgIpc) is 3.25. The van der Waals surface area contributed by atoms with Crippen LogP contribution in [0.2, 0.25) is 0 Å². The van der Waals surface area contributed by atoms with Crippen LogP contribution in [0.1, 0.15) is 38.2 Å². The fraction of sp³-hybridized carbons (Fsp3) is 0.524. The lowest BCUT2D eigenvalue weighted by Gasteiger charge is -2.32. The Bertz CT molecular complexity index is 786. The second-order valence-corrected chi connectivity index (χ2v) is 7.21. The van der Waals surface area contributed by atoms with Crippen molar-refractivity contribution in [3.63, 3.8) is 0 Å². The third kappa shape index (κ3) is 8.62. The molecule has 0 saturated carbocycles. The molecule has 32 heavy (non-hydrogen) atoms. The van der Waals surface area contributed by atoms with E-state index in [0.29, 0.717) is 45.3 Å². The highest BCUT2D eigenvalue weighted by Gasteiger charge is 2.34. The van der Waals surface area contributed by atoms with Crippen molar-refractivity contribution >= 4 is 36.3 Å². The predicted octanol–water partition coefficient (Wildman–Crippen LogP) is 0.527. The summed E-state index contributed by atoms with van der Waals surface area (Å²) >= 11 is 0. The smallest absolute Gasteiger partial charge is 0.408 e. The van der Waals surface area contributed by atoms with Crippen LogP contribution in [-0.4, -0.2) is 60.5 Å². The van der Waals surface area contributed by atoms with Crippen molar-refractivity contribution in [2.75, 3.05) is 19.6 Å². The van der Waals surface area contributed by atoms with E-state index < -0.39 is 18.2 Å². The molecule has 0 spiro atoms. The van der Waals surface area contributed by atoms with Gasteiger partial charge in [0, 0.05) is 19.6 Å². The lowest BCUT2D eigenvalue weighted by Crippen LogP contribution is -2.53. The van der Waals surface area contributed by atoms with Crippen LogP contribution in [0.15, 0.2) is 40.3 Å². The van der Waals surface area contributed by atoms with Crippen LogP contribution in [0.25, 0.3) is 0 Å². The molecule has 2 amide bonds. The SMILES string of the molecule is CCN=C([O-])[C@@H]1CCCN1C(=O)[C@H](CCCN=C(N)N)NC(=O)OCc1ccccc1.Cl. The number of aliphatic imine (C=N–C) groups is 2. The Hall–Kier alpha value is -3.01. The molecule has 0 unspecified atom stereocenters. The Kier molecular flexibility index (Phi) is 11.9. The number of nitrogens with one attached hydrogen (secondary N) is 1. The average molecular weight is 468 g/mol. The van der Waals surface area contributed by atoms with Gasteiger partial charge in [-0.05, 0) is 44.1 Å². The predicted molar refractivity (Wildman–Crippen MR) is 123 cm³/mol. The zero-order valence-electron chi connectivity index (χ0n) is 18.2. The lowest BCUT2D eigenvalue weighted by atomic mass is 10.1. The van der Waals surface area contributed by atoms with E-state index >= 15 is 0 Å². The van der Waals surface area contributed by atoms with E-state index in [2.05, 4.69) is 15.3 Å². The first-order chi connectivity index (χ1) is 14.9. The second kappa shape index (κ2) is 14.1. The van der Waals surface area contributed by atoms with E-state index in [9.17, 15) is 14.7 Å². The van der Waals surface area contributed by atoms with Gasteiger partial charge in [0.15, 0.2) is 5.96 Å². The molecule has 1 heterocycles. The topological polar surface area (TPSA) is 158 Å². The Balaban J connectivity index is 0.00000512. The first-order valence-electron chi connectivity index (χ1n) is 10.5. The molecule has 178 valence electrons. The van der Waals surface area contributed by atoms with Crippen molar-refractivity contribution in [1.29, 1.82) is 0 Å². The zero-order chi connectivity index (χ0) is 22.6. The zero-order valence-corrected chi connectivity index (χ0v) is 19.1. The van der Waals surface area contributed by atoms with Crippen LogP contribution >= 0.6 is 12.4 Å². The van der Waals surface area contributed by atoms with E-state index in [1.165, 1.54) is 4.90 Å². The van der Waals surface area contributed by atoms with Crippen molar-refractivity contribution < 1.29 is 19.4 Å². The van der Waals surface area contributed by atoms with Gasteiger partial charge in [-0.15, -0.1) is 12.4 Å². The molecule has 0 aromatic heterocycles. The highest BCUT2D eigenvalue weighted by molar-refractivity contribution is 5.90.